The monoisotopic (exact) mass is 385 g/mol. The first kappa shape index (κ1) is 23.7. The van der Waals surface area contributed by atoms with Crippen LogP contribution in [-0.4, -0.2) is 41.7 Å². The zero-order valence-corrected chi connectivity index (χ0v) is 18.3. The topological polar surface area (TPSA) is 49.8 Å². The number of carbonyl (C=O) groups excluding carboxylic acids is 1. The maximum atomic E-state index is 11.5. The molecule has 0 aliphatic rings. The summed E-state index contributed by atoms with van der Waals surface area (Å²) in [5.74, 6) is -0.212. The highest BCUT2D eigenvalue weighted by atomic mass is 16.5. The third-order valence-corrected chi connectivity index (χ3v) is 4.91. The zero-order valence-electron chi connectivity index (χ0n) is 18.3. The molecule has 0 aliphatic heterocycles. The molecular formula is C24H35NO3. The fraction of sp³-hybridized carbons (Fsp3) is 0.458. The average Bonchev–Trinajstić information content (AvgIpc) is 2.68. The number of benzene rings is 2. The molecular weight excluding hydrogens is 350 g/mol. The SMILES string of the molecule is CCN(C(C)C)C(C)C.COC(=O)c1ccc(O)c(C(C)c2ccccc2)c1. The van der Waals surface area contributed by atoms with Crippen LogP contribution in [0, 0.1) is 0 Å². The first-order valence-electron chi connectivity index (χ1n) is 9.94. The molecule has 2 rings (SSSR count). The van der Waals surface area contributed by atoms with Crippen LogP contribution in [0.4, 0.5) is 0 Å². The third kappa shape index (κ3) is 6.68. The van der Waals surface area contributed by atoms with Gasteiger partial charge >= 0.3 is 5.97 Å². The van der Waals surface area contributed by atoms with E-state index < -0.39 is 5.97 Å². The summed E-state index contributed by atoms with van der Waals surface area (Å²) in [7, 11) is 1.34. The molecule has 0 spiro atoms. The number of hydrogen-bond acceptors (Lipinski definition) is 4. The van der Waals surface area contributed by atoms with Gasteiger partial charge in [-0.3, -0.25) is 4.90 Å². The van der Waals surface area contributed by atoms with Crippen molar-refractivity contribution in [3.05, 3.63) is 65.2 Å². The van der Waals surface area contributed by atoms with Gasteiger partial charge in [-0.1, -0.05) is 44.2 Å². The number of phenols is 1. The van der Waals surface area contributed by atoms with Crippen molar-refractivity contribution < 1.29 is 14.6 Å². The molecule has 0 radical (unpaired) electrons. The van der Waals surface area contributed by atoms with Crippen LogP contribution in [-0.2, 0) is 4.74 Å². The standard InChI is InChI=1S/C16H16O3.C8H19N/c1-11(12-6-4-3-5-7-12)14-10-13(16(18)19-2)8-9-15(14)17;1-6-9(7(2)3)8(4)5/h3-11,17H,1-2H3;7-8H,6H2,1-5H3. The Hall–Kier alpha value is -2.33. The lowest BCUT2D eigenvalue weighted by Gasteiger charge is -2.28. The van der Waals surface area contributed by atoms with Gasteiger partial charge in [0.15, 0.2) is 0 Å². The van der Waals surface area contributed by atoms with Crippen LogP contribution in [0.1, 0.15) is 68.9 Å². The van der Waals surface area contributed by atoms with Gasteiger partial charge in [-0.2, -0.15) is 0 Å². The lowest BCUT2D eigenvalue weighted by atomic mass is 9.91. The summed E-state index contributed by atoms with van der Waals surface area (Å²) in [4.78, 5) is 14.0. The minimum atomic E-state index is -0.401. The van der Waals surface area contributed by atoms with Crippen molar-refractivity contribution in [3.63, 3.8) is 0 Å². The van der Waals surface area contributed by atoms with Crippen molar-refractivity contribution in [1.29, 1.82) is 0 Å². The second-order valence-electron chi connectivity index (χ2n) is 7.42. The summed E-state index contributed by atoms with van der Waals surface area (Å²) in [6.07, 6.45) is 0. The van der Waals surface area contributed by atoms with E-state index in [1.54, 1.807) is 12.1 Å². The number of aromatic hydroxyl groups is 1. The van der Waals surface area contributed by atoms with Crippen LogP contribution in [0.15, 0.2) is 48.5 Å². The van der Waals surface area contributed by atoms with Crippen LogP contribution in [0.25, 0.3) is 0 Å². The van der Waals surface area contributed by atoms with Crippen LogP contribution < -0.4 is 0 Å². The van der Waals surface area contributed by atoms with Crippen LogP contribution in [0.5, 0.6) is 5.75 Å². The minimum Gasteiger partial charge on any atom is -0.508 e. The van der Waals surface area contributed by atoms with E-state index in [0.29, 0.717) is 23.2 Å². The molecule has 154 valence electrons. The van der Waals surface area contributed by atoms with Gasteiger partial charge in [-0.05, 0) is 58.0 Å². The lowest BCUT2D eigenvalue weighted by Crippen LogP contribution is -2.36. The number of phenolic OH excluding ortho intramolecular Hbond substituents is 1. The quantitative estimate of drug-likeness (QED) is 0.671. The van der Waals surface area contributed by atoms with Crippen LogP contribution >= 0.6 is 0 Å². The van der Waals surface area contributed by atoms with E-state index in [-0.39, 0.29) is 11.7 Å². The molecule has 4 heteroatoms. The highest BCUT2D eigenvalue weighted by Gasteiger charge is 2.15. The van der Waals surface area contributed by atoms with Gasteiger partial charge in [0.1, 0.15) is 5.75 Å². The van der Waals surface area contributed by atoms with Crippen LogP contribution in [0.2, 0.25) is 0 Å². The van der Waals surface area contributed by atoms with Gasteiger partial charge in [-0.15, -0.1) is 0 Å². The average molecular weight is 386 g/mol. The number of methoxy groups -OCH3 is 1. The predicted molar refractivity (Wildman–Crippen MR) is 116 cm³/mol. The Kier molecular flexibility index (Phi) is 9.74. The van der Waals surface area contributed by atoms with Crippen molar-refractivity contribution in [2.75, 3.05) is 13.7 Å². The molecule has 0 saturated heterocycles. The molecule has 2 aromatic carbocycles. The fourth-order valence-electron chi connectivity index (χ4n) is 3.39. The first-order valence-corrected chi connectivity index (χ1v) is 9.94. The molecule has 28 heavy (non-hydrogen) atoms. The Morgan fingerprint density at radius 1 is 1.00 bits per heavy atom. The normalized spacial score (nSPS) is 11.9. The lowest BCUT2D eigenvalue weighted by molar-refractivity contribution is 0.0600. The predicted octanol–water partition coefficient (Wildman–Crippen LogP) is 5.46. The molecule has 4 nitrogen and oxygen atoms in total. The van der Waals surface area contributed by atoms with Crippen molar-refractivity contribution in [1.82, 2.24) is 4.90 Å². The summed E-state index contributed by atoms with van der Waals surface area (Å²) in [5, 5.41) is 9.97. The van der Waals surface area contributed by atoms with E-state index in [4.69, 9.17) is 4.74 Å². The summed E-state index contributed by atoms with van der Waals surface area (Å²) in [5.41, 5.74) is 2.24. The maximum Gasteiger partial charge on any atom is 0.337 e. The van der Waals surface area contributed by atoms with Gasteiger partial charge in [0.25, 0.3) is 0 Å². The molecule has 0 saturated carbocycles. The second kappa shape index (κ2) is 11.5. The molecule has 0 heterocycles. The van der Waals surface area contributed by atoms with E-state index in [1.807, 2.05) is 37.3 Å². The number of nitrogens with zero attached hydrogens (tertiary/aromatic N) is 1. The van der Waals surface area contributed by atoms with Crippen molar-refractivity contribution in [3.8, 4) is 5.75 Å². The number of hydrogen-bond donors (Lipinski definition) is 1. The Morgan fingerprint density at radius 3 is 2.00 bits per heavy atom. The Labute approximate surface area is 170 Å². The number of carbonyl (C=O) groups is 1. The summed E-state index contributed by atoms with van der Waals surface area (Å²) in [6, 6.07) is 16.0. The van der Waals surface area contributed by atoms with Crippen molar-refractivity contribution in [2.45, 2.75) is 59.5 Å². The number of esters is 1. The molecule has 0 amide bonds. The summed E-state index contributed by atoms with van der Waals surface area (Å²) < 4.78 is 4.70. The van der Waals surface area contributed by atoms with E-state index >= 15 is 0 Å². The second-order valence-corrected chi connectivity index (χ2v) is 7.42. The Morgan fingerprint density at radius 2 is 1.57 bits per heavy atom. The highest BCUT2D eigenvalue weighted by molar-refractivity contribution is 5.89. The van der Waals surface area contributed by atoms with Crippen molar-refractivity contribution in [2.24, 2.45) is 0 Å². The summed E-state index contributed by atoms with van der Waals surface area (Å²) >= 11 is 0. The molecule has 0 aromatic heterocycles. The largest absolute Gasteiger partial charge is 0.508 e. The highest BCUT2D eigenvalue weighted by Crippen LogP contribution is 2.31. The smallest absolute Gasteiger partial charge is 0.337 e. The summed E-state index contributed by atoms with van der Waals surface area (Å²) in [6.45, 7) is 14.3. The maximum absolute atomic E-state index is 11.5. The van der Waals surface area contributed by atoms with E-state index in [9.17, 15) is 9.90 Å². The van der Waals surface area contributed by atoms with E-state index in [0.717, 1.165) is 12.1 Å². The number of ether oxygens (including phenoxy) is 1. The molecule has 1 atom stereocenters. The Bertz CT molecular complexity index is 718. The van der Waals surface area contributed by atoms with Crippen molar-refractivity contribution >= 4 is 5.97 Å². The van der Waals surface area contributed by atoms with Crippen LogP contribution in [0.3, 0.4) is 0 Å². The van der Waals surface area contributed by atoms with Gasteiger partial charge in [0, 0.05) is 23.6 Å². The van der Waals surface area contributed by atoms with Gasteiger partial charge < -0.3 is 9.84 Å². The molecule has 2 aromatic rings. The molecule has 1 unspecified atom stereocenters. The third-order valence-electron chi connectivity index (χ3n) is 4.91. The number of rotatable bonds is 6. The van der Waals surface area contributed by atoms with Gasteiger partial charge in [0.2, 0.25) is 0 Å². The molecule has 0 bridgehead atoms. The molecule has 0 fully saturated rings. The fourth-order valence-corrected chi connectivity index (χ4v) is 3.39. The minimum absolute atomic E-state index is 0.00538. The zero-order chi connectivity index (χ0) is 21.3. The van der Waals surface area contributed by atoms with Gasteiger partial charge in [-0.25, -0.2) is 4.79 Å². The molecule has 0 aliphatic carbocycles. The molecule has 1 N–H and O–H groups in total. The van der Waals surface area contributed by atoms with E-state index in [1.165, 1.54) is 13.2 Å². The Balaban J connectivity index is 0.000000370. The first-order chi connectivity index (χ1) is 13.2. The van der Waals surface area contributed by atoms with Gasteiger partial charge in [0.05, 0.1) is 12.7 Å². The van der Waals surface area contributed by atoms with E-state index in [2.05, 4.69) is 39.5 Å².